The zero-order chi connectivity index (χ0) is 22.5. The van der Waals surface area contributed by atoms with E-state index in [1.54, 1.807) is 35.5 Å². The highest BCUT2D eigenvalue weighted by molar-refractivity contribution is 7.89. The fourth-order valence-electron chi connectivity index (χ4n) is 4.05. The lowest BCUT2D eigenvalue weighted by Gasteiger charge is -2.26. The number of ether oxygens (including phenoxy) is 2. The van der Waals surface area contributed by atoms with Crippen LogP contribution in [0.5, 0.6) is 11.5 Å². The molecule has 5 rings (SSSR count). The van der Waals surface area contributed by atoms with Crippen LogP contribution in [0.3, 0.4) is 0 Å². The Bertz CT molecular complexity index is 1310. The fourth-order valence-corrected chi connectivity index (χ4v) is 5.73. The van der Waals surface area contributed by atoms with Gasteiger partial charge in [0, 0.05) is 37.6 Å². The Kier molecular flexibility index (Phi) is 4.94. The maximum Gasteiger partial charge on any atom is 0.268 e. The van der Waals surface area contributed by atoms with Gasteiger partial charge in [0.15, 0.2) is 11.5 Å². The number of fused-ring (bicyclic) bond motifs is 2. The van der Waals surface area contributed by atoms with Crippen molar-refractivity contribution in [3.63, 3.8) is 0 Å². The van der Waals surface area contributed by atoms with E-state index in [0.717, 1.165) is 11.3 Å². The Morgan fingerprint density at radius 2 is 2.06 bits per heavy atom. The average molecular weight is 458 g/mol. The van der Waals surface area contributed by atoms with Crippen molar-refractivity contribution in [3.05, 3.63) is 59.2 Å². The number of sulfonamides is 1. The molecule has 2 aliphatic heterocycles. The molecule has 0 aliphatic carbocycles. The molecule has 1 N–H and O–H groups in total. The smallest absolute Gasteiger partial charge is 0.268 e. The monoisotopic (exact) mass is 457 g/mol. The summed E-state index contributed by atoms with van der Waals surface area (Å²) in [7, 11) is -2.08. The lowest BCUT2D eigenvalue weighted by Crippen LogP contribution is -2.38. The van der Waals surface area contributed by atoms with E-state index in [1.807, 2.05) is 18.2 Å². The summed E-state index contributed by atoms with van der Waals surface area (Å²) in [5, 5.41) is 7.04. The average Bonchev–Trinajstić information content (AvgIpc) is 3.51. The summed E-state index contributed by atoms with van der Waals surface area (Å²) in [6.07, 6.45) is 1.67. The van der Waals surface area contributed by atoms with Gasteiger partial charge in [-0.25, -0.2) is 8.42 Å². The van der Waals surface area contributed by atoms with Crippen molar-refractivity contribution in [2.24, 2.45) is 7.05 Å². The molecule has 3 aromatic rings. The number of rotatable bonds is 5. The summed E-state index contributed by atoms with van der Waals surface area (Å²) in [5.41, 5.74) is 2.41. The number of nitrogens with one attached hydrogen (secondary N) is 1. The standard InChI is InChI=1S/C21H23N5O5S/c1-14-19(32(28,29)25-8-9-26-16(12-25)6-7-23-26)10-17(24(14)2)21(27)22-11-15-4-3-5-18-20(15)31-13-30-18/h3-7,10H,8-9,11-13H2,1-2H3,(H,22,27). The molecule has 1 amide bonds. The number of hydrogen-bond donors (Lipinski definition) is 1. The zero-order valence-electron chi connectivity index (χ0n) is 17.7. The molecule has 4 heterocycles. The van der Waals surface area contributed by atoms with Gasteiger partial charge in [-0.05, 0) is 25.1 Å². The number of benzene rings is 1. The van der Waals surface area contributed by atoms with Gasteiger partial charge in [-0.15, -0.1) is 0 Å². The minimum atomic E-state index is -3.77. The Labute approximate surface area is 185 Å². The van der Waals surface area contributed by atoms with E-state index in [1.165, 1.54) is 10.4 Å². The molecule has 0 atom stereocenters. The number of nitrogens with zero attached hydrogens (tertiary/aromatic N) is 4. The van der Waals surface area contributed by atoms with Gasteiger partial charge in [0.2, 0.25) is 16.8 Å². The molecule has 0 unspecified atom stereocenters. The van der Waals surface area contributed by atoms with Crippen LogP contribution >= 0.6 is 0 Å². The molecular formula is C21H23N5O5S. The molecule has 32 heavy (non-hydrogen) atoms. The third-order valence-electron chi connectivity index (χ3n) is 5.96. The van der Waals surface area contributed by atoms with Crippen LogP contribution in [0.15, 0.2) is 41.4 Å². The van der Waals surface area contributed by atoms with Gasteiger partial charge in [-0.2, -0.15) is 9.40 Å². The highest BCUT2D eigenvalue weighted by Gasteiger charge is 2.32. The number of hydrogen-bond acceptors (Lipinski definition) is 6. The summed E-state index contributed by atoms with van der Waals surface area (Å²) in [5.74, 6) is 0.886. The second-order valence-electron chi connectivity index (χ2n) is 7.76. The van der Waals surface area contributed by atoms with Gasteiger partial charge in [-0.1, -0.05) is 12.1 Å². The van der Waals surface area contributed by atoms with Gasteiger partial charge < -0.3 is 19.4 Å². The van der Waals surface area contributed by atoms with E-state index in [4.69, 9.17) is 9.47 Å². The molecule has 2 aliphatic rings. The van der Waals surface area contributed by atoms with Gasteiger partial charge >= 0.3 is 0 Å². The minimum Gasteiger partial charge on any atom is -0.454 e. The SMILES string of the molecule is Cc1c(S(=O)(=O)N2CCn3nccc3C2)cc(C(=O)NCc2cccc3c2OCO3)n1C. The topological polar surface area (TPSA) is 108 Å². The van der Waals surface area contributed by atoms with E-state index in [9.17, 15) is 13.2 Å². The Balaban J connectivity index is 1.36. The third-order valence-corrected chi connectivity index (χ3v) is 7.92. The number of aromatic nitrogens is 3. The van der Waals surface area contributed by atoms with E-state index < -0.39 is 10.0 Å². The molecular weight excluding hydrogens is 434 g/mol. The van der Waals surface area contributed by atoms with E-state index >= 15 is 0 Å². The highest BCUT2D eigenvalue weighted by atomic mass is 32.2. The van der Waals surface area contributed by atoms with Crippen LogP contribution in [0.25, 0.3) is 0 Å². The van der Waals surface area contributed by atoms with Crippen LogP contribution in [0.1, 0.15) is 27.4 Å². The zero-order valence-corrected chi connectivity index (χ0v) is 18.6. The molecule has 0 bridgehead atoms. The van der Waals surface area contributed by atoms with Crippen molar-refractivity contribution in [1.29, 1.82) is 0 Å². The number of carbonyl (C=O) groups excluding carboxylic acids is 1. The minimum absolute atomic E-state index is 0.135. The van der Waals surface area contributed by atoms with Crippen LogP contribution < -0.4 is 14.8 Å². The van der Waals surface area contributed by atoms with Crippen LogP contribution in [-0.4, -0.2) is 46.3 Å². The molecule has 11 heteroatoms. The van der Waals surface area contributed by atoms with Crippen molar-refractivity contribution >= 4 is 15.9 Å². The largest absolute Gasteiger partial charge is 0.454 e. The molecule has 0 spiro atoms. The summed E-state index contributed by atoms with van der Waals surface area (Å²) in [6.45, 7) is 3.15. The maximum atomic E-state index is 13.4. The third kappa shape index (κ3) is 3.33. The van der Waals surface area contributed by atoms with Gasteiger partial charge in [0.05, 0.1) is 18.8 Å². The maximum absolute atomic E-state index is 13.4. The predicted octanol–water partition coefficient (Wildman–Crippen LogP) is 1.39. The van der Waals surface area contributed by atoms with Crippen molar-refractivity contribution in [3.8, 4) is 11.5 Å². The summed E-state index contributed by atoms with van der Waals surface area (Å²) >= 11 is 0. The van der Waals surface area contributed by atoms with Gasteiger partial charge in [-0.3, -0.25) is 9.48 Å². The van der Waals surface area contributed by atoms with Crippen molar-refractivity contribution < 1.29 is 22.7 Å². The van der Waals surface area contributed by atoms with Crippen molar-refractivity contribution in [2.45, 2.75) is 31.5 Å². The lowest BCUT2D eigenvalue weighted by molar-refractivity contribution is 0.0942. The van der Waals surface area contributed by atoms with Crippen LogP contribution in [0.2, 0.25) is 0 Å². The normalized spacial score (nSPS) is 15.6. The van der Waals surface area contributed by atoms with Gasteiger partial charge in [0.25, 0.3) is 5.91 Å². The molecule has 2 aromatic heterocycles. The van der Waals surface area contributed by atoms with E-state index in [0.29, 0.717) is 30.3 Å². The first-order chi connectivity index (χ1) is 15.4. The molecule has 168 valence electrons. The molecule has 10 nitrogen and oxygen atoms in total. The summed E-state index contributed by atoms with van der Waals surface area (Å²) < 4.78 is 42.4. The van der Waals surface area contributed by atoms with Gasteiger partial charge in [0.1, 0.15) is 10.6 Å². The Hall–Kier alpha value is -3.31. The van der Waals surface area contributed by atoms with Crippen LogP contribution in [-0.2, 0) is 36.7 Å². The molecule has 0 fully saturated rings. The second-order valence-corrected chi connectivity index (χ2v) is 9.66. The fraction of sp³-hybridized carbons (Fsp3) is 0.333. The first-order valence-corrected chi connectivity index (χ1v) is 11.6. The molecule has 0 radical (unpaired) electrons. The van der Waals surface area contributed by atoms with Crippen molar-refractivity contribution in [2.75, 3.05) is 13.3 Å². The first-order valence-electron chi connectivity index (χ1n) is 10.2. The Morgan fingerprint density at radius 3 is 2.91 bits per heavy atom. The molecule has 0 saturated heterocycles. The lowest BCUT2D eigenvalue weighted by atomic mass is 10.2. The highest BCUT2D eigenvalue weighted by Crippen LogP contribution is 2.35. The van der Waals surface area contributed by atoms with Crippen LogP contribution in [0.4, 0.5) is 0 Å². The Morgan fingerprint density at radius 1 is 1.22 bits per heavy atom. The number of carbonyl (C=O) groups is 1. The molecule has 0 saturated carbocycles. The molecule has 1 aromatic carbocycles. The quantitative estimate of drug-likeness (QED) is 0.621. The number of para-hydroxylation sites is 1. The van der Waals surface area contributed by atoms with Crippen LogP contribution in [0, 0.1) is 6.92 Å². The second kappa shape index (κ2) is 7.68. The van der Waals surface area contributed by atoms with E-state index in [-0.39, 0.29) is 36.4 Å². The van der Waals surface area contributed by atoms with E-state index in [2.05, 4.69) is 10.4 Å². The summed E-state index contributed by atoms with van der Waals surface area (Å²) in [6, 6.07) is 8.74. The first kappa shape index (κ1) is 20.6. The number of amides is 1. The predicted molar refractivity (Wildman–Crippen MR) is 114 cm³/mol. The summed E-state index contributed by atoms with van der Waals surface area (Å²) in [4.78, 5) is 13.0. The van der Waals surface area contributed by atoms with Crippen molar-refractivity contribution in [1.82, 2.24) is 24.0 Å².